The van der Waals surface area contributed by atoms with Gasteiger partial charge in [-0.2, -0.15) is 0 Å². The van der Waals surface area contributed by atoms with E-state index in [0.29, 0.717) is 25.7 Å². The quantitative estimate of drug-likeness (QED) is 0.469. The molecule has 0 unspecified atom stereocenters. The Morgan fingerprint density at radius 2 is 2.11 bits per heavy atom. The molecular formula is C20H16ClN3O3S. The van der Waals surface area contributed by atoms with E-state index in [0.717, 1.165) is 16.5 Å². The predicted octanol–water partition coefficient (Wildman–Crippen LogP) is 4.19. The number of aromatic nitrogens is 3. The lowest BCUT2D eigenvalue weighted by molar-refractivity contribution is 0.0531. The van der Waals surface area contributed by atoms with Crippen LogP contribution in [0.2, 0.25) is 5.02 Å². The molecule has 4 rings (SSSR count). The molecule has 0 spiro atoms. The Balaban J connectivity index is 1.84. The number of pyridine rings is 1. The maximum atomic E-state index is 13.1. The van der Waals surface area contributed by atoms with E-state index in [1.54, 1.807) is 26.1 Å². The van der Waals surface area contributed by atoms with Gasteiger partial charge in [0, 0.05) is 22.2 Å². The summed E-state index contributed by atoms with van der Waals surface area (Å²) in [6.07, 6.45) is 3.18. The molecule has 3 heterocycles. The Morgan fingerprint density at radius 3 is 2.89 bits per heavy atom. The maximum absolute atomic E-state index is 13.1. The Kier molecular flexibility index (Phi) is 4.87. The van der Waals surface area contributed by atoms with Gasteiger partial charge < -0.3 is 4.74 Å². The van der Waals surface area contributed by atoms with Crippen molar-refractivity contribution in [3.05, 3.63) is 68.2 Å². The minimum Gasteiger partial charge on any atom is -0.462 e. The Hall–Kier alpha value is -2.77. The second-order valence-corrected chi connectivity index (χ2v) is 7.64. The highest BCUT2D eigenvalue weighted by Gasteiger charge is 2.20. The minimum atomic E-state index is -0.435. The van der Waals surface area contributed by atoms with Crippen LogP contribution in [-0.2, 0) is 11.3 Å². The largest absolute Gasteiger partial charge is 0.462 e. The molecule has 0 radical (unpaired) electrons. The number of thiophene rings is 1. The van der Waals surface area contributed by atoms with E-state index >= 15 is 0 Å². The van der Waals surface area contributed by atoms with Gasteiger partial charge in [-0.25, -0.2) is 9.78 Å². The SMILES string of the molecule is CCOC(=O)c1sc2ncn(Cc3c(Cl)ccc4cccnc34)c(=O)c2c1C. The fourth-order valence-corrected chi connectivity index (χ4v) is 4.41. The molecule has 0 saturated carbocycles. The molecule has 8 heteroatoms. The van der Waals surface area contributed by atoms with E-state index in [-0.39, 0.29) is 18.7 Å². The zero-order valence-corrected chi connectivity index (χ0v) is 16.8. The molecule has 3 aromatic heterocycles. The van der Waals surface area contributed by atoms with Crippen LogP contribution in [-0.4, -0.2) is 27.1 Å². The number of rotatable bonds is 4. The molecule has 6 nitrogen and oxygen atoms in total. The van der Waals surface area contributed by atoms with Crippen molar-refractivity contribution >= 4 is 50.0 Å². The number of halogens is 1. The number of benzene rings is 1. The summed E-state index contributed by atoms with van der Waals surface area (Å²) in [5.41, 5.74) is 1.86. The second kappa shape index (κ2) is 7.33. The van der Waals surface area contributed by atoms with Crippen LogP contribution < -0.4 is 5.56 Å². The summed E-state index contributed by atoms with van der Waals surface area (Å²) in [4.78, 5) is 35.0. The first-order valence-corrected chi connectivity index (χ1v) is 9.88. The van der Waals surface area contributed by atoms with Crippen LogP contribution in [0.4, 0.5) is 0 Å². The zero-order chi connectivity index (χ0) is 19.8. The number of esters is 1. The smallest absolute Gasteiger partial charge is 0.348 e. The molecule has 28 heavy (non-hydrogen) atoms. The molecule has 0 N–H and O–H groups in total. The van der Waals surface area contributed by atoms with Gasteiger partial charge in [-0.1, -0.05) is 23.7 Å². The standard InChI is InChI=1S/C20H16ClN3O3S/c1-3-27-20(26)17-11(2)15-18(28-17)23-10-24(19(15)25)9-13-14(21)7-6-12-5-4-8-22-16(12)13/h4-8,10H,3,9H2,1-2H3. The van der Waals surface area contributed by atoms with Gasteiger partial charge in [0.2, 0.25) is 0 Å². The van der Waals surface area contributed by atoms with E-state index in [4.69, 9.17) is 16.3 Å². The summed E-state index contributed by atoms with van der Waals surface area (Å²) in [6.45, 7) is 3.99. The molecule has 0 saturated heterocycles. The van der Waals surface area contributed by atoms with Crippen LogP contribution >= 0.6 is 22.9 Å². The van der Waals surface area contributed by atoms with E-state index in [2.05, 4.69) is 9.97 Å². The van der Waals surface area contributed by atoms with Gasteiger partial charge >= 0.3 is 5.97 Å². The van der Waals surface area contributed by atoms with Crippen LogP contribution in [0.1, 0.15) is 27.7 Å². The lowest BCUT2D eigenvalue weighted by atomic mass is 10.1. The first-order chi connectivity index (χ1) is 13.5. The summed E-state index contributed by atoms with van der Waals surface area (Å²) in [6, 6.07) is 7.49. The van der Waals surface area contributed by atoms with Crippen molar-refractivity contribution in [2.24, 2.45) is 0 Å². The first kappa shape index (κ1) is 18.6. The van der Waals surface area contributed by atoms with E-state index in [1.807, 2.05) is 18.2 Å². The highest BCUT2D eigenvalue weighted by Crippen LogP contribution is 2.28. The van der Waals surface area contributed by atoms with E-state index < -0.39 is 5.97 Å². The van der Waals surface area contributed by atoms with Crippen LogP contribution in [0.15, 0.2) is 41.6 Å². The van der Waals surface area contributed by atoms with E-state index in [9.17, 15) is 9.59 Å². The van der Waals surface area contributed by atoms with Gasteiger partial charge in [-0.15, -0.1) is 11.3 Å². The number of carbonyl (C=O) groups excluding carboxylic acids is 1. The predicted molar refractivity (Wildman–Crippen MR) is 110 cm³/mol. The Morgan fingerprint density at radius 1 is 1.29 bits per heavy atom. The van der Waals surface area contributed by atoms with Gasteiger partial charge in [-0.05, 0) is 31.5 Å². The molecule has 0 fully saturated rings. The average molecular weight is 414 g/mol. The number of carbonyl (C=O) groups is 1. The number of hydrogen-bond donors (Lipinski definition) is 0. The molecular weight excluding hydrogens is 398 g/mol. The van der Waals surface area contributed by atoms with Gasteiger partial charge in [0.25, 0.3) is 5.56 Å². The summed E-state index contributed by atoms with van der Waals surface area (Å²) < 4.78 is 6.57. The number of hydrogen-bond acceptors (Lipinski definition) is 6. The third kappa shape index (κ3) is 3.06. The number of ether oxygens (including phenoxy) is 1. The molecule has 4 aromatic rings. The Bertz CT molecular complexity index is 1280. The molecule has 0 atom stereocenters. The van der Waals surface area contributed by atoms with Crippen molar-refractivity contribution in [3.8, 4) is 0 Å². The Labute approximate surface area is 169 Å². The van der Waals surface area contributed by atoms with Gasteiger partial charge in [0.05, 0.1) is 30.4 Å². The highest BCUT2D eigenvalue weighted by atomic mass is 35.5. The monoisotopic (exact) mass is 413 g/mol. The fourth-order valence-electron chi connectivity index (χ4n) is 3.16. The lowest BCUT2D eigenvalue weighted by Crippen LogP contribution is -2.21. The number of nitrogens with zero attached hydrogens (tertiary/aromatic N) is 3. The lowest BCUT2D eigenvalue weighted by Gasteiger charge is -2.10. The summed E-state index contributed by atoms with van der Waals surface area (Å²) in [5, 5.41) is 1.91. The number of aryl methyl sites for hydroxylation is 1. The van der Waals surface area contributed by atoms with Crippen molar-refractivity contribution in [1.29, 1.82) is 0 Å². The van der Waals surface area contributed by atoms with Crippen molar-refractivity contribution in [1.82, 2.24) is 14.5 Å². The molecule has 0 amide bonds. The van der Waals surface area contributed by atoms with Crippen molar-refractivity contribution in [3.63, 3.8) is 0 Å². The van der Waals surface area contributed by atoms with Crippen LogP contribution in [0, 0.1) is 6.92 Å². The van der Waals surface area contributed by atoms with E-state index in [1.165, 1.54) is 22.2 Å². The second-order valence-electron chi connectivity index (χ2n) is 6.24. The fraction of sp³-hybridized carbons (Fsp3) is 0.200. The number of fused-ring (bicyclic) bond motifs is 2. The highest BCUT2D eigenvalue weighted by molar-refractivity contribution is 7.20. The average Bonchev–Trinajstić information content (AvgIpc) is 3.03. The molecule has 0 aliphatic carbocycles. The van der Waals surface area contributed by atoms with Gasteiger partial charge in [0.15, 0.2) is 0 Å². The normalized spacial score (nSPS) is 11.2. The molecule has 1 aromatic carbocycles. The van der Waals surface area contributed by atoms with Crippen LogP contribution in [0.3, 0.4) is 0 Å². The van der Waals surface area contributed by atoms with Crippen LogP contribution in [0.25, 0.3) is 21.1 Å². The molecule has 142 valence electrons. The molecule has 0 aliphatic heterocycles. The maximum Gasteiger partial charge on any atom is 0.348 e. The third-order valence-corrected chi connectivity index (χ3v) is 6.06. The minimum absolute atomic E-state index is 0.224. The van der Waals surface area contributed by atoms with Gasteiger partial charge in [-0.3, -0.25) is 14.3 Å². The summed E-state index contributed by atoms with van der Waals surface area (Å²) in [7, 11) is 0. The third-order valence-electron chi connectivity index (χ3n) is 4.53. The molecule has 0 bridgehead atoms. The van der Waals surface area contributed by atoms with Crippen LogP contribution in [0.5, 0.6) is 0 Å². The van der Waals surface area contributed by atoms with Crippen molar-refractivity contribution in [2.75, 3.05) is 6.61 Å². The summed E-state index contributed by atoms with van der Waals surface area (Å²) >= 11 is 7.57. The summed E-state index contributed by atoms with van der Waals surface area (Å²) in [5.74, 6) is -0.435. The van der Waals surface area contributed by atoms with Crippen molar-refractivity contribution < 1.29 is 9.53 Å². The topological polar surface area (TPSA) is 74.1 Å². The molecule has 0 aliphatic rings. The zero-order valence-electron chi connectivity index (χ0n) is 15.2. The van der Waals surface area contributed by atoms with Crippen molar-refractivity contribution in [2.45, 2.75) is 20.4 Å². The van der Waals surface area contributed by atoms with Gasteiger partial charge in [0.1, 0.15) is 9.71 Å². The first-order valence-electron chi connectivity index (χ1n) is 8.69.